The van der Waals surface area contributed by atoms with Crippen molar-refractivity contribution >= 4 is 29.0 Å². The predicted octanol–water partition coefficient (Wildman–Crippen LogP) is 3.77. The van der Waals surface area contributed by atoms with Gasteiger partial charge in [0.15, 0.2) is 0 Å². The first kappa shape index (κ1) is 18.1. The SMILES string of the molecule is CN1CNC(c2cc(C(=O)O)ccn2)=C1c1ccc(Cl)c(C(F)(F)F)c1. The van der Waals surface area contributed by atoms with E-state index >= 15 is 0 Å². The summed E-state index contributed by atoms with van der Waals surface area (Å²) in [6, 6.07) is 6.36. The molecule has 0 bridgehead atoms. The average Bonchev–Trinajstić information content (AvgIpc) is 2.96. The number of aromatic nitrogens is 1. The van der Waals surface area contributed by atoms with E-state index < -0.39 is 17.7 Å². The van der Waals surface area contributed by atoms with Gasteiger partial charge in [0.05, 0.1) is 39.9 Å². The smallest absolute Gasteiger partial charge is 0.417 e. The molecule has 0 unspecified atom stereocenters. The van der Waals surface area contributed by atoms with E-state index in [9.17, 15) is 18.0 Å². The highest BCUT2D eigenvalue weighted by atomic mass is 35.5. The lowest BCUT2D eigenvalue weighted by atomic mass is 10.0. The van der Waals surface area contributed by atoms with Gasteiger partial charge in [0, 0.05) is 18.8 Å². The monoisotopic (exact) mass is 383 g/mol. The highest BCUT2D eigenvalue weighted by molar-refractivity contribution is 6.31. The molecule has 0 amide bonds. The number of benzene rings is 1. The zero-order valence-electron chi connectivity index (χ0n) is 13.4. The van der Waals surface area contributed by atoms with Crippen molar-refractivity contribution in [2.75, 3.05) is 13.7 Å². The van der Waals surface area contributed by atoms with Gasteiger partial charge < -0.3 is 15.3 Å². The van der Waals surface area contributed by atoms with E-state index in [0.717, 1.165) is 6.07 Å². The number of nitrogens with one attached hydrogen (secondary N) is 1. The van der Waals surface area contributed by atoms with E-state index in [1.54, 1.807) is 11.9 Å². The minimum Gasteiger partial charge on any atom is -0.478 e. The summed E-state index contributed by atoms with van der Waals surface area (Å²) < 4.78 is 39.5. The van der Waals surface area contributed by atoms with E-state index in [-0.39, 0.29) is 10.6 Å². The maximum absolute atomic E-state index is 13.2. The topological polar surface area (TPSA) is 65.5 Å². The van der Waals surface area contributed by atoms with Crippen molar-refractivity contribution in [1.82, 2.24) is 15.2 Å². The molecule has 5 nitrogen and oxygen atoms in total. The number of carboxylic acid groups (broad SMARTS) is 1. The van der Waals surface area contributed by atoms with Gasteiger partial charge in [0.25, 0.3) is 0 Å². The van der Waals surface area contributed by atoms with Gasteiger partial charge in [-0.15, -0.1) is 0 Å². The van der Waals surface area contributed by atoms with Gasteiger partial charge in [-0.25, -0.2) is 4.79 Å². The molecular weight excluding hydrogens is 371 g/mol. The molecule has 0 spiro atoms. The van der Waals surface area contributed by atoms with Crippen molar-refractivity contribution in [1.29, 1.82) is 0 Å². The van der Waals surface area contributed by atoms with Crippen molar-refractivity contribution in [2.24, 2.45) is 0 Å². The number of carbonyl (C=O) groups is 1. The third-order valence-electron chi connectivity index (χ3n) is 3.92. The summed E-state index contributed by atoms with van der Waals surface area (Å²) >= 11 is 5.69. The number of alkyl halides is 3. The number of carboxylic acids is 1. The van der Waals surface area contributed by atoms with Crippen molar-refractivity contribution in [2.45, 2.75) is 6.18 Å². The van der Waals surface area contributed by atoms with Gasteiger partial charge in [-0.2, -0.15) is 13.2 Å². The number of rotatable bonds is 3. The lowest BCUT2D eigenvalue weighted by molar-refractivity contribution is -0.137. The third kappa shape index (κ3) is 3.32. The van der Waals surface area contributed by atoms with Crippen LogP contribution in [-0.4, -0.2) is 34.7 Å². The summed E-state index contributed by atoms with van der Waals surface area (Å²) in [5, 5.41) is 11.8. The second kappa shape index (κ2) is 6.53. The van der Waals surface area contributed by atoms with Crippen LogP contribution in [0.2, 0.25) is 5.02 Å². The standard InChI is InChI=1S/C17H13ClF3N3O2/c1-24-8-23-14(13-7-10(16(25)26)4-5-22-13)15(24)9-2-3-12(18)11(6-9)17(19,20)21/h2-7,23H,8H2,1H3,(H,25,26). The molecule has 2 heterocycles. The number of aromatic carboxylic acids is 1. The van der Waals surface area contributed by atoms with Crippen molar-refractivity contribution in [3.05, 3.63) is 63.9 Å². The molecule has 26 heavy (non-hydrogen) atoms. The first-order valence-corrected chi connectivity index (χ1v) is 7.82. The van der Waals surface area contributed by atoms with E-state index in [1.165, 1.54) is 30.5 Å². The van der Waals surface area contributed by atoms with Crippen molar-refractivity contribution in [3.8, 4) is 0 Å². The van der Waals surface area contributed by atoms with Gasteiger partial charge in [-0.05, 0) is 24.3 Å². The highest BCUT2D eigenvalue weighted by Crippen LogP contribution is 2.38. The molecule has 9 heteroatoms. The summed E-state index contributed by atoms with van der Waals surface area (Å²) in [5.41, 5.74) is 0.647. The summed E-state index contributed by atoms with van der Waals surface area (Å²) in [6.07, 6.45) is -3.24. The van der Waals surface area contributed by atoms with Crippen LogP contribution in [0, 0.1) is 0 Å². The highest BCUT2D eigenvalue weighted by Gasteiger charge is 2.34. The van der Waals surface area contributed by atoms with Crippen molar-refractivity contribution in [3.63, 3.8) is 0 Å². The van der Waals surface area contributed by atoms with E-state index in [0.29, 0.717) is 29.3 Å². The molecule has 0 saturated carbocycles. The van der Waals surface area contributed by atoms with Gasteiger partial charge in [-0.1, -0.05) is 17.7 Å². The van der Waals surface area contributed by atoms with E-state index in [4.69, 9.17) is 16.7 Å². The molecule has 1 aliphatic heterocycles. The fourth-order valence-corrected chi connectivity index (χ4v) is 2.94. The number of hydrogen-bond donors (Lipinski definition) is 2. The van der Waals surface area contributed by atoms with Crippen LogP contribution in [0.5, 0.6) is 0 Å². The Labute approximate surface area is 151 Å². The van der Waals surface area contributed by atoms with Crippen LogP contribution in [0.3, 0.4) is 0 Å². The molecule has 3 rings (SSSR count). The van der Waals surface area contributed by atoms with Crippen LogP contribution < -0.4 is 5.32 Å². The Morgan fingerprint density at radius 2 is 2.04 bits per heavy atom. The summed E-state index contributed by atoms with van der Waals surface area (Å²) in [5.74, 6) is -1.12. The lowest BCUT2D eigenvalue weighted by Gasteiger charge is -2.17. The summed E-state index contributed by atoms with van der Waals surface area (Å²) in [6.45, 7) is 0.341. The van der Waals surface area contributed by atoms with Crippen LogP contribution in [0.25, 0.3) is 11.4 Å². The van der Waals surface area contributed by atoms with Gasteiger partial charge >= 0.3 is 12.1 Å². The van der Waals surface area contributed by atoms with Crippen LogP contribution in [0.1, 0.15) is 27.2 Å². The molecule has 1 aliphatic rings. The van der Waals surface area contributed by atoms with E-state index in [2.05, 4.69) is 10.3 Å². The minimum atomic E-state index is -4.58. The molecule has 1 aromatic carbocycles. The molecule has 0 radical (unpaired) electrons. The maximum Gasteiger partial charge on any atom is 0.417 e. The molecule has 0 fully saturated rings. The van der Waals surface area contributed by atoms with Crippen molar-refractivity contribution < 1.29 is 23.1 Å². The van der Waals surface area contributed by atoms with Crippen LogP contribution in [0.15, 0.2) is 36.5 Å². The van der Waals surface area contributed by atoms with Gasteiger partial charge in [0.2, 0.25) is 0 Å². The fraction of sp³-hybridized carbons (Fsp3) is 0.176. The Morgan fingerprint density at radius 3 is 2.69 bits per heavy atom. The average molecular weight is 384 g/mol. The fourth-order valence-electron chi connectivity index (χ4n) is 2.72. The van der Waals surface area contributed by atoms with E-state index in [1.807, 2.05) is 0 Å². The van der Waals surface area contributed by atoms with Gasteiger partial charge in [0.1, 0.15) is 0 Å². The normalized spacial score (nSPS) is 14.6. The first-order valence-electron chi connectivity index (χ1n) is 7.44. The second-order valence-electron chi connectivity index (χ2n) is 5.68. The zero-order valence-corrected chi connectivity index (χ0v) is 14.2. The Balaban J connectivity index is 2.16. The number of halogens is 4. The largest absolute Gasteiger partial charge is 0.478 e. The number of hydrogen-bond acceptors (Lipinski definition) is 4. The predicted molar refractivity (Wildman–Crippen MR) is 90.2 cm³/mol. The Kier molecular flexibility index (Phi) is 4.53. The number of nitrogens with zero attached hydrogens (tertiary/aromatic N) is 2. The van der Waals surface area contributed by atoms with Crippen LogP contribution >= 0.6 is 11.6 Å². The molecule has 0 aliphatic carbocycles. The quantitative estimate of drug-likeness (QED) is 0.844. The maximum atomic E-state index is 13.2. The Bertz CT molecular complexity index is 912. The molecule has 2 N–H and O–H groups in total. The van der Waals surface area contributed by atoms with Gasteiger partial charge in [-0.3, -0.25) is 4.98 Å². The van der Waals surface area contributed by atoms with Crippen LogP contribution in [-0.2, 0) is 6.18 Å². The number of pyridine rings is 1. The molecular formula is C17H13ClF3N3O2. The Hall–Kier alpha value is -2.74. The second-order valence-corrected chi connectivity index (χ2v) is 6.09. The lowest BCUT2D eigenvalue weighted by Crippen LogP contribution is -2.18. The van der Waals surface area contributed by atoms with Crippen LogP contribution in [0.4, 0.5) is 13.2 Å². The first-order chi connectivity index (χ1) is 12.2. The minimum absolute atomic E-state index is 0.0327. The molecule has 0 saturated heterocycles. The molecule has 1 aromatic heterocycles. The third-order valence-corrected chi connectivity index (χ3v) is 4.25. The Morgan fingerprint density at radius 1 is 1.31 bits per heavy atom. The summed E-state index contributed by atoms with van der Waals surface area (Å²) in [4.78, 5) is 17.0. The zero-order chi connectivity index (χ0) is 19.1. The summed E-state index contributed by atoms with van der Waals surface area (Å²) in [7, 11) is 1.71. The molecule has 0 atom stereocenters. The molecule has 2 aromatic rings. The molecule has 136 valence electrons.